The molecule has 228 valence electrons. The van der Waals surface area contributed by atoms with E-state index in [1.54, 1.807) is 0 Å². The molecule has 1 aliphatic rings. The van der Waals surface area contributed by atoms with Gasteiger partial charge >= 0.3 is 0 Å². The van der Waals surface area contributed by atoms with Gasteiger partial charge in [-0.15, -0.1) is 0 Å². The second-order valence-corrected chi connectivity index (χ2v) is 12.3. The molecule has 0 radical (unpaired) electrons. The van der Waals surface area contributed by atoms with Crippen molar-refractivity contribution in [3.8, 4) is 0 Å². The molecule has 0 aromatic carbocycles. The lowest BCUT2D eigenvalue weighted by molar-refractivity contribution is -0.159. The summed E-state index contributed by atoms with van der Waals surface area (Å²) in [5, 5.41) is 62.3. The molecule has 0 saturated heterocycles. The van der Waals surface area contributed by atoms with E-state index in [9.17, 15) is 30.6 Å². The van der Waals surface area contributed by atoms with Gasteiger partial charge in [-0.25, -0.2) is 0 Å². The van der Waals surface area contributed by atoms with Gasteiger partial charge in [0.05, 0.1) is 0 Å². The highest BCUT2D eigenvalue weighted by atomic mass is 16.3. The predicted octanol–water partition coefficient (Wildman–Crippen LogP) is 5.89. The molecule has 6 nitrogen and oxygen atoms in total. The van der Waals surface area contributed by atoms with Crippen molar-refractivity contribution in [3.05, 3.63) is 0 Å². The van der Waals surface area contributed by atoms with Crippen LogP contribution in [0.25, 0.3) is 0 Å². The minimum atomic E-state index is -0.610. The maximum atomic E-state index is 10.5. The maximum absolute atomic E-state index is 10.5. The minimum Gasteiger partial charge on any atom is -0.396 e. The Morgan fingerprint density at radius 1 is 0.289 bits per heavy atom. The average molecular weight is 545 g/mol. The third kappa shape index (κ3) is 10.6. The van der Waals surface area contributed by atoms with E-state index in [1.807, 2.05) is 0 Å². The van der Waals surface area contributed by atoms with Crippen LogP contribution in [0.3, 0.4) is 0 Å². The number of hydrogen-bond donors (Lipinski definition) is 6. The summed E-state index contributed by atoms with van der Waals surface area (Å²) in [6.07, 6.45) is 22.7. The van der Waals surface area contributed by atoms with E-state index in [-0.39, 0.29) is 39.6 Å². The molecule has 0 amide bonds. The first kappa shape index (κ1) is 35.8. The number of hydrogen-bond acceptors (Lipinski definition) is 6. The minimum absolute atomic E-state index is 0.0209. The van der Waals surface area contributed by atoms with Gasteiger partial charge in [-0.2, -0.15) is 0 Å². The quantitative estimate of drug-likeness (QED) is 0.182. The Morgan fingerprint density at radius 3 is 0.711 bits per heavy atom. The molecule has 0 atom stereocenters. The lowest BCUT2D eigenvalue weighted by Crippen LogP contribution is -2.56. The molecular formula is C32H64O6. The van der Waals surface area contributed by atoms with Crippen LogP contribution in [0.4, 0.5) is 0 Å². The summed E-state index contributed by atoms with van der Waals surface area (Å²) in [6.45, 7) is -0.200. The summed E-state index contributed by atoms with van der Waals surface area (Å²) in [5.74, 6) is 0. The summed E-state index contributed by atoms with van der Waals surface area (Å²) in [7, 11) is 0. The first-order valence-corrected chi connectivity index (χ1v) is 16.2. The van der Waals surface area contributed by atoms with Gasteiger partial charge in [0.25, 0.3) is 0 Å². The molecule has 0 bridgehead atoms. The van der Waals surface area contributed by atoms with Crippen LogP contribution in [0.5, 0.6) is 0 Å². The number of aliphatic hydroxyl groups is 6. The van der Waals surface area contributed by atoms with Crippen molar-refractivity contribution >= 4 is 0 Å². The van der Waals surface area contributed by atoms with Crippen LogP contribution in [0.15, 0.2) is 0 Å². The van der Waals surface area contributed by atoms with Crippen molar-refractivity contribution in [1.29, 1.82) is 0 Å². The third-order valence-corrected chi connectivity index (χ3v) is 10.3. The van der Waals surface area contributed by atoms with Crippen LogP contribution in [0.2, 0.25) is 0 Å². The van der Waals surface area contributed by atoms with E-state index in [2.05, 4.69) is 0 Å². The maximum Gasteiger partial charge on any atom is 0.0436 e. The van der Waals surface area contributed by atoms with Crippen LogP contribution < -0.4 is 0 Å². The van der Waals surface area contributed by atoms with Gasteiger partial charge in [0.1, 0.15) is 0 Å². The Hall–Kier alpha value is -0.240. The van der Waals surface area contributed by atoms with Crippen LogP contribution in [-0.4, -0.2) is 70.3 Å². The van der Waals surface area contributed by atoms with E-state index >= 15 is 0 Å². The topological polar surface area (TPSA) is 121 Å². The van der Waals surface area contributed by atoms with E-state index in [1.165, 1.54) is 70.6 Å². The van der Waals surface area contributed by atoms with Gasteiger partial charge in [0, 0.05) is 39.6 Å². The van der Waals surface area contributed by atoms with Gasteiger partial charge in [-0.05, 0) is 67.6 Å². The monoisotopic (exact) mass is 544 g/mol. The van der Waals surface area contributed by atoms with Gasteiger partial charge < -0.3 is 30.6 Å². The summed E-state index contributed by atoms with van der Waals surface area (Å²) in [5.41, 5.74) is -1.60. The lowest BCUT2D eigenvalue weighted by atomic mass is 9.42. The van der Waals surface area contributed by atoms with Crippen molar-refractivity contribution in [2.24, 2.45) is 16.2 Å². The van der Waals surface area contributed by atoms with E-state index in [4.69, 9.17) is 0 Å². The average Bonchev–Trinajstić information content (AvgIpc) is 2.90. The van der Waals surface area contributed by atoms with Crippen LogP contribution in [-0.2, 0) is 0 Å². The fraction of sp³-hybridized carbons (Fsp3) is 1.00. The van der Waals surface area contributed by atoms with E-state index in [0.29, 0.717) is 38.5 Å². The summed E-state index contributed by atoms with van der Waals surface area (Å²) >= 11 is 0. The first-order valence-electron chi connectivity index (χ1n) is 16.2. The van der Waals surface area contributed by atoms with Gasteiger partial charge in [-0.3, -0.25) is 0 Å². The molecular weight excluding hydrogens is 480 g/mol. The summed E-state index contributed by atoms with van der Waals surface area (Å²) in [4.78, 5) is 0. The highest BCUT2D eigenvalue weighted by Crippen LogP contribution is 2.65. The van der Waals surface area contributed by atoms with Crippen LogP contribution in [0, 0.1) is 16.2 Å². The molecule has 1 rings (SSSR count). The Morgan fingerprint density at radius 2 is 0.500 bits per heavy atom. The van der Waals surface area contributed by atoms with Crippen molar-refractivity contribution in [2.45, 2.75) is 148 Å². The van der Waals surface area contributed by atoms with Crippen molar-refractivity contribution in [2.75, 3.05) is 39.6 Å². The predicted molar refractivity (Wildman–Crippen MR) is 156 cm³/mol. The summed E-state index contributed by atoms with van der Waals surface area (Å²) in [6, 6.07) is 0. The third-order valence-electron chi connectivity index (χ3n) is 10.3. The smallest absolute Gasteiger partial charge is 0.0436 e. The molecule has 6 heteroatoms. The Bertz CT molecular complexity index is 482. The summed E-state index contributed by atoms with van der Waals surface area (Å²) < 4.78 is 0. The Labute approximate surface area is 234 Å². The second-order valence-electron chi connectivity index (χ2n) is 12.3. The Balaban J connectivity index is 3.51. The zero-order valence-corrected chi connectivity index (χ0v) is 24.7. The Kier molecular flexibility index (Phi) is 20.2. The molecule has 1 fully saturated rings. The second kappa shape index (κ2) is 21.5. The van der Waals surface area contributed by atoms with Crippen molar-refractivity contribution in [3.63, 3.8) is 0 Å². The van der Waals surface area contributed by atoms with Crippen molar-refractivity contribution in [1.82, 2.24) is 0 Å². The largest absolute Gasteiger partial charge is 0.396 e. The molecule has 0 aromatic heterocycles. The van der Waals surface area contributed by atoms with Gasteiger partial charge in [0.2, 0.25) is 0 Å². The van der Waals surface area contributed by atoms with Crippen molar-refractivity contribution < 1.29 is 30.6 Å². The molecule has 6 N–H and O–H groups in total. The normalized spacial score (nSPS) is 22.6. The van der Waals surface area contributed by atoms with E-state index < -0.39 is 16.2 Å². The molecule has 0 aliphatic heterocycles. The van der Waals surface area contributed by atoms with Gasteiger partial charge in [0.15, 0.2) is 0 Å². The number of aliphatic hydroxyl groups excluding tert-OH is 6. The fourth-order valence-corrected chi connectivity index (χ4v) is 8.40. The molecule has 0 aromatic rings. The molecule has 38 heavy (non-hydrogen) atoms. The SMILES string of the molecule is OCCC1(CCO)CCCCCCCCCCCCCCCCCC(CCO)(CCO)C1(CCO)CCO. The van der Waals surface area contributed by atoms with Crippen LogP contribution in [0.1, 0.15) is 148 Å². The van der Waals surface area contributed by atoms with E-state index in [0.717, 1.165) is 38.5 Å². The molecule has 0 heterocycles. The lowest BCUT2D eigenvalue weighted by Gasteiger charge is -2.62. The zero-order valence-electron chi connectivity index (χ0n) is 24.7. The fourth-order valence-electron chi connectivity index (χ4n) is 8.40. The van der Waals surface area contributed by atoms with Gasteiger partial charge in [-0.1, -0.05) is 96.3 Å². The standard InChI is InChI=1S/C32H64O6/c33-24-18-30(19-25-34)16-14-12-10-8-6-4-2-1-3-5-7-9-11-13-15-17-31(20-26-35,21-27-36)32(30,22-28-37)23-29-38/h33-38H,1-29H2. The first-order chi connectivity index (χ1) is 18.6. The van der Waals surface area contributed by atoms with Crippen LogP contribution >= 0.6 is 0 Å². The highest BCUT2D eigenvalue weighted by molar-refractivity contribution is 5.08. The number of rotatable bonds is 12. The molecule has 0 unspecified atom stereocenters. The molecule has 1 aliphatic carbocycles. The zero-order chi connectivity index (χ0) is 28.0. The highest BCUT2D eigenvalue weighted by Gasteiger charge is 2.59. The molecule has 1 saturated carbocycles. The molecule has 0 spiro atoms.